The van der Waals surface area contributed by atoms with Gasteiger partial charge in [0.05, 0.1) is 11.0 Å². The number of fused-ring (bicyclic) bond motifs is 6. The maximum Gasteiger partial charge on any atom is 0.339 e. The van der Waals surface area contributed by atoms with E-state index >= 15 is 4.79 Å². The Bertz CT molecular complexity index is 2410. The Labute approximate surface area is 380 Å². The summed E-state index contributed by atoms with van der Waals surface area (Å²) in [7, 11) is 0. The molecule has 0 aromatic heterocycles. The third-order valence-electron chi connectivity index (χ3n) is 19.6. The van der Waals surface area contributed by atoms with Crippen LogP contribution in [-0.2, 0) is 39.1 Å². The predicted octanol–water partition coefficient (Wildman–Crippen LogP) is 10.1. The van der Waals surface area contributed by atoms with Gasteiger partial charge in [0.2, 0.25) is 0 Å². The summed E-state index contributed by atoms with van der Waals surface area (Å²) in [5.74, 6) is 3.43. The van der Waals surface area contributed by atoms with Gasteiger partial charge in [-0.15, -0.1) is 0 Å². The smallest absolute Gasteiger partial charge is 0.339 e. The first-order chi connectivity index (χ1) is 31.3. The second-order valence-electron chi connectivity index (χ2n) is 22.8. The summed E-state index contributed by atoms with van der Waals surface area (Å²) < 4.78 is 14.4. The number of hydrogen-bond acceptors (Lipinski definition) is 7. The Kier molecular flexibility index (Phi) is 9.48. The average Bonchev–Trinajstić information content (AvgIpc) is 3.75. The summed E-state index contributed by atoms with van der Waals surface area (Å²) in [6, 6.07) is 16.3. The highest BCUT2D eigenvalue weighted by Crippen LogP contribution is 2.87. The summed E-state index contributed by atoms with van der Waals surface area (Å²) in [6.07, 6.45) is 26.7. The Morgan fingerprint density at radius 3 is 2.53 bits per heavy atom. The van der Waals surface area contributed by atoms with Crippen LogP contribution < -0.4 is 5.73 Å². The van der Waals surface area contributed by atoms with Crippen LogP contribution in [0.25, 0.3) is 0 Å². The van der Waals surface area contributed by atoms with Crippen LogP contribution in [0.15, 0.2) is 88.9 Å². The van der Waals surface area contributed by atoms with E-state index in [4.69, 9.17) is 15.2 Å². The Balaban J connectivity index is 1.07. The van der Waals surface area contributed by atoms with Crippen molar-refractivity contribution in [2.24, 2.45) is 58.0 Å². The lowest BCUT2D eigenvalue weighted by atomic mass is 9.29. The molecule has 5 fully saturated rings. The second-order valence-corrected chi connectivity index (χ2v) is 22.8. The number of nitrogens with two attached hydrogens (primary N) is 1. The monoisotopic (exact) mass is 860 g/mol. The molecule has 8 heterocycles. The normalized spacial score (nSPS) is 40.2. The van der Waals surface area contributed by atoms with Gasteiger partial charge in [0, 0.05) is 55.3 Å². The molecule has 64 heavy (non-hydrogen) atoms. The molecule has 13 bridgehead atoms. The van der Waals surface area contributed by atoms with E-state index in [1.165, 1.54) is 72.8 Å². The molecule has 2 saturated carbocycles. The van der Waals surface area contributed by atoms with Gasteiger partial charge in [-0.25, -0.2) is 4.79 Å². The summed E-state index contributed by atoms with van der Waals surface area (Å²) in [5, 5.41) is 0. The number of carbonyl (C=O) groups is 2. The van der Waals surface area contributed by atoms with Gasteiger partial charge >= 0.3 is 11.9 Å². The summed E-state index contributed by atoms with van der Waals surface area (Å²) in [5.41, 5.74) is 14.7. The molecule has 8 aliphatic heterocycles. The zero-order chi connectivity index (χ0) is 43.0. The van der Waals surface area contributed by atoms with Crippen molar-refractivity contribution in [3.8, 4) is 0 Å². The number of carbonyl (C=O) groups excluding carboxylic acids is 2. The van der Waals surface area contributed by atoms with Crippen LogP contribution in [0, 0.1) is 52.3 Å². The largest absolute Gasteiger partial charge is 0.449 e. The summed E-state index contributed by atoms with van der Waals surface area (Å²) in [4.78, 5) is 36.8. The van der Waals surface area contributed by atoms with Gasteiger partial charge in [0.1, 0.15) is 11.2 Å². The highest BCUT2D eigenvalue weighted by atomic mass is 16.6. The number of esters is 2. The molecule has 6 aliphatic carbocycles. The molecule has 2 aromatic rings. The van der Waals surface area contributed by atoms with Gasteiger partial charge in [-0.3, -0.25) is 9.69 Å². The second kappa shape index (κ2) is 15.0. The number of hydrogen-bond donors (Lipinski definition) is 1. The molecule has 336 valence electrons. The first kappa shape index (κ1) is 40.3. The minimum atomic E-state index is -0.996. The minimum absolute atomic E-state index is 0.0813. The Morgan fingerprint density at radius 1 is 0.875 bits per heavy atom. The number of allylic oxidation sites excluding steroid dienone is 4. The van der Waals surface area contributed by atoms with Crippen LogP contribution >= 0.6 is 0 Å². The molecule has 0 radical (unpaired) electrons. The highest BCUT2D eigenvalue weighted by Gasteiger charge is 2.92. The molecule has 3 spiro atoms. The third kappa shape index (κ3) is 5.46. The van der Waals surface area contributed by atoms with Crippen LogP contribution in [0.2, 0.25) is 0 Å². The quantitative estimate of drug-likeness (QED) is 0.300. The fourth-order valence-corrected chi connectivity index (χ4v) is 17.4. The van der Waals surface area contributed by atoms with E-state index in [0.717, 1.165) is 125 Å². The molecule has 16 rings (SSSR count). The van der Waals surface area contributed by atoms with Gasteiger partial charge < -0.3 is 20.1 Å². The van der Waals surface area contributed by atoms with E-state index in [1.807, 2.05) is 0 Å². The number of piperidine rings is 2. The lowest BCUT2D eigenvalue weighted by molar-refractivity contribution is -0.275. The van der Waals surface area contributed by atoms with E-state index < -0.39 is 16.4 Å². The third-order valence-corrected chi connectivity index (χ3v) is 19.6. The zero-order valence-electron chi connectivity index (χ0n) is 38.3. The van der Waals surface area contributed by atoms with E-state index in [2.05, 4.69) is 77.4 Å². The molecular formula is C57H69N3O4. The molecule has 0 amide bonds. The lowest BCUT2D eigenvalue weighted by Crippen LogP contribution is -2.77. The van der Waals surface area contributed by atoms with Crippen LogP contribution in [0.4, 0.5) is 0 Å². The molecule has 2 aromatic carbocycles. The van der Waals surface area contributed by atoms with Gasteiger partial charge in [-0.05, 0) is 142 Å². The van der Waals surface area contributed by atoms with Crippen LogP contribution in [0.1, 0.15) is 136 Å². The van der Waals surface area contributed by atoms with Crippen LogP contribution in [-0.4, -0.2) is 60.5 Å². The standard InChI is InChI=1S/C57H69N3O4/c1-35-19-21-47-52-44-23-24-55-49(22-20-43(29-37-10-3-2-4-11-37)59-31-39-27-40(32-59)34-60(47)33-39)63-54(62)56(55)46(44)30-42(50(35)52)28-38-14-7-13-36(26-38)12-5-6-18-48(56)57(55)45-17-8-15-41(16-9-25-58)51(45)53(61)64-57/h7-8,13-15,17,21-22,26,30,35,37,39-40,43,48,50,52H,2-6,9-12,16,18-20,23-25,27-29,31-34,58H2,1H3/b49-22+/t35-,39-,40+,43-,48+,50+,52-,55-,56+,57-/m1/s1. The van der Waals surface area contributed by atoms with Gasteiger partial charge in [-0.2, -0.15) is 0 Å². The molecule has 14 aliphatic rings. The molecule has 7 nitrogen and oxygen atoms in total. The fourth-order valence-electron chi connectivity index (χ4n) is 17.4. The minimum Gasteiger partial charge on any atom is -0.449 e. The van der Waals surface area contributed by atoms with E-state index in [9.17, 15) is 4.79 Å². The number of aryl methyl sites for hydroxylation is 2. The molecule has 11 atom stereocenters. The Morgan fingerprint density at radius 2 is 1.69 bits per heavy atom. The van der Waals surface area contributed by atoms with Gasteiger partial charge in [0.15, 0.2) is 5.60 Å². The average molecular weight is 860 g/mol. The molecular weight excluding hydrogens is 791 g/mol. The zero-order valence-corrected chi connectivity index (χ0v) is 38.3. The SMILES string of the molecule is C[C@@H]1CC=C2[C@H]3C4=C5C=C(Cc6cccc(c6)CCCC[C@H]6[C@]57C(=O)O/C(=C/C[C@H](CC5CCCCC5)N5C[C@@H]8C[C@@H](CN2C8)C5)[C@@]7(CC4)[C@]62OC(=O)c4c(CCCN)cccc42)[C@@H]31. The first-order valence-corrected chi connectivity index (χ1v) is 26.0. The first-order valence-electron chi connectivity index (χ1n) is 26.0. The van der Waals surface area contributed by atoms with Crippen molar-refractivity contribution in [2.75, 3.05) is 32.7 Å². The van der Waals surface area contributed by atoms with Crippen LogP contribution in [0.3, 0.4) is 0 Å². The van der Waals surface area contributed by atoms with Crippen molar-refractivity contribution in [3.63, 3.8) is 0 Å². The topological polar surface area (TPSA) is 85.1 Å². The number of nitrogens with zero attached hydrogens (tertiary/aromatic N) is 2. The van der Waals surface area contributed by atoms with E-state index in [-0.39, 0.29) is 23.8 Å². The van der Waals surface area contributed by atoms with Gasteiger partial charge in [-0.1, -0.05) is 111 Å². The Hall–Kier alpha value is -3.94. The highest BCUT2D eigenvalue weighted by molar-refractivity contribution is 6.00. The van der Waals surface area contributed by atoms with E-state index in [1.54, 1.807) is 5.70 Å². The number of rotatable bonds is 5. The summed E-state index contributed by atoms with van der Waals surface area (Å²) >= 11 is 0. The fraction of sp³-hybridized carbons (Fsp3) is 0.614. The van der Waals surface area contributed by atoms with Crippen molar-refractivity contribution in [1.82, 2.24) is 9.80 Å². The lowest BCUT2D eigenvalue weighted by Gasteiger charge is -2.71. The number of ether oxygens (including phenoxy) is 2. The molecule has 3 saturated heterocycles. The molecule has 2 N–H and O–H groups in total. The van der Waals surface area contributed by atoms with Crippen molar-refractivity contribution >= 4 is 11.9 Å². The van der Waals surface area contributed by atoms with Crippen molar-refractivity contribution < 1.29 is 19.1 Å². The van der Waals surface area contributed by atoms with Crippen molar-refractivity contribution in [3.05, 3.63) is 117 Å². The van der Waals surface area contributed by atoms with Crippen LogP contribution in [0.5, 0.6) is 0 Å². The number of benzene rings is 2. The molecule has 1 unspecified atom stereocenters. The van der Waals surface area contributed by atoms with Gasteiger partial charge in [0.25, 0.3) is 0 Å². The van der Waals surface area contributed by atoms with Crippen molar-refractivity contribution in [1.29, 1.82) is 0 Å². The molecule has 7 heteroatoms. The van der Waals surface area contributed by atoms with E-state index in [0.29, 0.717) is 36.3 Å². The predicted molar refractivity (Wildman–Crippen MR) is 249 cm³/mol. The maximum absolute atomic E-state index is 16.1. The van der Waals surface area contributed by atoms with Crippen molar-refractivity contribution in [2.45, 2.75) is 134 Å². The maximum atomic E-state index is 16.1. The summed E-state index contributed by atoms with van der Waals surface area (Å²) in [6.45, 7) is 7.65.